The molecule has 2 aliphatic heterocycles. The lowest BCUT2D eigenvalue weighted by Gasteiger charge is -2.16. The second kappa shape index (κ2) is 14.2. The molecule has 0 spiro atoms. The van der Waals surface area contributed by atoms with E-state index in [9.17, 15) is 0 Å². The minimum atomic E-state index is 0.625. The number of dihydropyridines is 1. The second-order valence-electron chi connectivity index (χ2n) is 8.60. The van der Waals surface area contributed by atoms with E-state index in [0.29, 0.717) is 6.04 Å². The van der Waals surface area contributed by atoms with E-state index in [-0.39, 0.29) is 0 Å². The molecule has 0 amide bonds. The van der Waals surface area contributed by atoms with Crippen LogP contribution >= 0.6 is 0 Å². The quantitative estimate of drug-likeness (QED) is 0.504. The van der Waals surface area contributed by atoms with Gasteiger partial charge >= 0.3 is 0 Å². The van der Waals surface area contributed by atoms with Crippen molar-refractivity contribution in [1.82, 2.24) is 5.32 Å². The van der Waals surface area contributed by atoms with E-state index in [0.717, 1.165) is 47.8 Å². The summed E-state index contributed by atoms with van der Waals surface area (Å²) in [4.78, 5) is 13.3. The highest BCUT2D eigenvalue weighted by Gasteiger charge is 2.15. The minimum Gasteiger partial charge on any atom is -0.329 e. The van der Waals surface area contributed by atoms with Gasteiger partial charge < -0.3 is 11.1 Å². The Balaban J connectivity index is 0.000000342. The maximum Gasteiger partial charge on any atom is 0.0776 e. The van der Waals surface area contributed by atoms with Crippen LogP contribution in [0.25, 0.3) is 16.3 Å². The number of hydrogen-bond donors (Lipinski definition) is 2. The Hall–Kier alpha value is -3.41. The Morgan fingerprint density at radius 1 is 1.14 bits per heavy atom. The summed E-state index contributed by atoms with van der Waals surface area (Å²) in [7, 11) is 0. The lowest BCUT2D eigenvalue weighted by molar-refractivity contribution is 0.616. The molecule has 1 saturated heterocycles. The topological polar surface area (TPSA) is 75.1 Å². The van der Waals surface area contributed by atoms with Crippen molar-refractivity contribution in [1.29, 1.82) is 0 Å². The zero-order valence-corrected chi connectivity index (χ0v) is 21.9. The summed E-state index contributed by atoms with van der Waals surface area (Å²) in [6.07, 6.45) is 13.8. The van der Waals surface area contributed by atoms with Gasteiger partial charge in [-0.2, -0.15) is 0 Å². The van der Waals surface area contributed by atoms with Gasteiger partial charge in [-0.05, 0) is 67.4 Å². The molecule has 2 aromatic rings. The van der Waals surface area contributed by atoms with Gasteiger partial charge in [-0.3, -0.25) is 9.98 Å². The Morgan fingerprint density at radius 3 is 2.61 bits per heavy atom. The molecule has 5 rings (SSSR count). The van der Waals surface area contributed by atoms with E-state index in [1.165, 1.54) is 35.7 Å². The molecule has 0 radical (unpaired) electrons. The van der Waals surface area contributed by atoms with Crippen LogP contribution in [0.4, 0.5) is 0 Å². The van der Waals surface area contributed by atoms with E-state index in [2.05, 4.69) is 88.8 Å². The van der Waals surface area contributed by atoms with Crippen LogP contribution in [0.3, 0.4) is 0 Å². The zero-order valence-electron chi connectivity index (χ0n) is 21.9. The van der Waals surface area contributed by atoms with Crippen molar-refractivity contribution >= 4 is 35.0 Å². The number of nitrogens with one attached hydrogen (secondary N) is 1. The van der Waals surface area contributed by atoms with Crippen molar-refractivity contribution in [3.63, 3.8) is 0 Å². The van der Waals surface area contributed by atoms with Crippen LogP contribution in [0.5, 0.6) is 0 Å². The lowest BCUT2D eigenvalue weighted by Crippen LogP contribution is -2.29. The van der Waals surface area contributed by atoms with Crippen LogP contribution in [0.2, 0.25) is 0 Å². The number of allylic oxidation sites excluding steroid dienone is 7. The minimum absolute atomic E-state index is 0.625. The normalized spacial score (nSPS) is 21.1. The number of nitrogens with two attached hydrogens (primary N) is 1. The van der Waals surface area contributed by atoms with Gasteiger partial charge in [-0.15, -0.1) is 0 Å². The van der Waals surface area contributed by atoms with Crippen LogP contribution in [-0.2, 0) is 0 Å². The lowest BCUT2D eigenvalue weighted by atomic mass is 9.91. The average molecular weight is 482 g/mol. The van der Waals surface area contributed by atoms with Crippen molar-refractivity contribution in [3.8, 4) is 0 Å². The largest absolute Gasteiger partial charge is 0.329 e. The summed E-state index contributed by atoms with van der Waals surface area (Å²) in [5.74, 6) is 0. The fourth-order valence-electron chi connectivity index (χ4n) is 4.33. The molecule has 1 aliphatic carbocycles. The third-order valence-electron chi connectivity index (χ3n) is 6.26. The molecule has 1 fully saturated rings. The van der Waals surface area contributed by atoms with Crippen LogP contribution in [0, 0.1) is 0 Å². The predicted octanol–water partition coefficient (Wildman–Crippen LogP) is 6.29. The third kappa shape index (κ3) is 7.06. The summed E-state index contributed by atoms with van der Waals surface area (Å²) in [5.41, 5.74) is 11.4. The van der Waals surface area contributed by atoms with Crippen LogP contribution in [0.15, 0.2) is 98.7 Å². The first-order valence-corrected chi connectivity index (χ1v) is 13.0. The first kappa shape index (κ1) is 27.2. The average Bonchev–Trinajstić information content (AvgIpc) is 3.49. The maximum absolute atomic E-state index is 5.37. The number of aliphatic imine (C=N–C) groups is 3. The van der Waals surface area contributed by atoms with Gasteiger partial charge in [0.15, 0.2) is 0 Å². The highest BCUT2D eigenvalue weighted by atomic mass is 15.0. The van der Waals surface area contributed by atoms with Crippen molar-refractivity contribution in [2.75, 3.05) is 19.6 Å². The van der Waals surface area contributed by atoms with Gasteiger partial charge in [0.05, 0.1) is 11.4 Å². The van der Waals surface area contributed by atoms with E-state index < -0.39 is 0 Å². The number of rotatable bonds is 4. The summed E-state index contributed by atoms with van der Waals surface area (Å²) in [6, 6.07) is 15.5. The molecular formula is C31H39N5. The molecule has 3 aliphatic rings. The Morgan fingerprint density at radius 2 is 1.94 bits per heavy atom. The fourth-order valence-corrected chi connectivity index (χ4v) is 4.33. The van der Waals surface area contributed by atoms with E-state index >= 15 is 0 Å². The second-order valence-corrected chi connectivity index (χ2v) is 8.60. The van der Waals surface area contributed by atoms with Gasteiger partial charge in [0.2, 0.25) is 0 Å². The smallest absolute Gasteiger partial charge is 0.0776 e. The first-order valence-electron chi connectivity index (χ1n) is 13.0. The summed E-state index contributed by atoms with van der Waals surface area (Å²) >= 11 is 0. The number of fused-ring (bicyclic) bond motifs is 1. The molecule has 188 valence electrons. The highest BCUT2D eigenvalue weighted by molar-refractivity contribution is 6.19. The Labute approximate surface area is 216 Å². The zero-order chi connectivity index (χ0) is 25.8. The Bertz CT molecular complexity index is 1220. The van der Waals surface area contributed by atoms with Gasteiger partial charge in [0.1, 0.15) is 0 Å². The van der Waals surface area contributed by atoms with Gasteiger partial charge in [0.25, 0.3) is 0 Å². The number of nitrogens with zero attached hydrogens (tertiary/aromatic N) is 3. The highest BCUT2D eigenvalue weighted by Crippen LogP contribution is 2.30. The third-order valence-corrected chi connectivity index (χ3v) is 6.26. The van der Waals surface area contributed by atoms with Gasteiger partial charge in [-0.25, -0.2) is 4.99 Å². The molecule has 2 heterocycles. The molecule has 5 nitrogen and oxygen atoms in total. The van der Waals surface area contributed by atoms with E-state index in [1.807, 2.05) is 27.0 Å². The standard InChI is InChI=1S/C24H21N3.C5H12N2.C2H6/c1-17(25-2)21-13-12-19(15-24(21)27-20-9-6-14-26-16-20)23-11-5-8-18-7-3-4-10-22(18)23;6-4-5-2-1-3-7-5;1-2/h3-5,7-13,15-16H,2,6,14H2,1H3;5,7H,1-4,6H2;1-2H3/b21-17-,27-24?;;. The Kier molecular flexibility index (Phi) is 10.7. The van der Waals surface area contributed by atoms with Crippen molar-refractivity contribution in [2.45, 2.75) is 46.1 Å². The monoisotopic (exact) mass is 481 g/mol. The fraction of sp³-hybridized carbons (Fsp3) is 0.323. The molecule has 1 unspecified atom stereocenters. The van der Waals surface area contributed by atoms with Crippen molar-refractivity contribution in [2.24, 2.45) is 20.7 Å². The molecule has 0 bridgehead atoms. The summed E-state index contributed by atoms with van der Waals surface area (Å²) in [6.45, 7) is 12.4. The predicted molar refractivity (Wildman–Crippen MR) is 158 cm³/mol. The SMILES string of the molecule is C=N/C(C)=C1/C=CC(c2cccc3ccccc23)=CC1=NC1=CCCN=C1.CC.NCC1CCCN1. The molecule has 1 atom stereocenters. The molecule has 36 heavy (non-hydrogen) atoms. The van der Waals surface area contributed by atoms with Crippen LogP contribution < -0.4 is 11.1 Å². The molecule has 2 aromatic carbocycles. The van der Waals surface area contributed by atoms with Crippen molar-refractivity contribution in [3.05, 3.63) is 89.3 Å². The van der Waals surface area contributed by atoms with Crippen molar-refractivity contribution < 1.29 is 0 Å². The first-order chi connectivity index (χ1) is 17.7. The number of benzene rings is 2. The molecule has 0 saturated carbocycles. The van der Waals surface area contributed by atoms with Gasteiger partial charge in [0, 0.05) is 36.6 Å². The van der Waals surface area contributed by atoms with E-state index in [1.54, 1.807) is 0 Å². The van der Waals surface area contributed by atoms with Gasteiger partial charge in [-0.1, -0.05) is 74.5 Å². The maximum atomic E-state index is 5.37. The number of hydrogen-bond acceptors (Lipinski definition) is 5. The summed E-state index contributed by atoms with van der Waals surface area (Å²) in [5, 5.41) is 5.75. The molecular weight excluding hydrogens is 442 g/mol. The molecule has 3 N–H and O–H groups in total. The molecule has 0 aromatic heterocycles. The van der Waals surface area contributed by atoms with E-state index in [4.69, 9.17) is 10.7 Å². The van der Waals surface area contributed by atoms with Crippen LogP contribution in [0.1, 0.15) is 45.6 Å². The summed E-state index contributed by atoms with van der Waals surface area (Å²) < 4.78 is 0. The molecule has 5 heteroatoms. The van der Waals surface area contributed by atoms with Crippen LogP contribution in [-0.4, -0.2) is 44.3 Å².